The summed E-state index contributed by atoms with van der Waals surface area (Å²) in [4.78, 5) is 26.9. The molecule has 1 saturated carbocycles. The van der Waals surface area contributed by atoms with Crippen molar-refractivity contribution in [3.8, 4) is 0 Å². The van der Waals surface area contributed by atoms with Crippen LogP contribution in [0.3, 0.4) is 0 Å². The van der Waals surface area contributed by atoms with Crippen molar-refractivity contribution in [2.45, 2.75) is 32.7 Å². The maximum Gasteiger partial charge on any atom is 0.264 e. The lowest BCUT2D eigenvalue weighted by molar-refractivity contribution is -0.117. The van der Waals surface area contributed by atoms with Crippen molar-refractivity contribution < 1.29 is 14.0 Å². The van der Waals surface area contributed by atoms with Crippen LogP contribution in [-0.4, -0.2) is 23.8 Å². The van der Waals surface area contributed by atoms with Gasteiger partial charge in [0, 0.05) is 13.0 Å². The third-order valence-corrected chi connectivity index (χ3v) is 5.30. The Balaban J connectivity index is 1.73. The van der Waals surface area contributed by atoms with Crippen molar-refractivity contribution >= 4 is 28.2 Å². The van der Waals surface area contributed by atoms with Gasteiger partial charge in [0.05, 0.1) is 22.2 Å². The van der Waals surface area contributed by atoms with Crippen LogP contribution in [0, 0.1) is 12.8 Å². The number of nitrogens with zero attached hydrogens (tertiary/aromatic N) is 1. The van der Waals surface area contributed by atoms with Gasteiger partial charge in [-0.2, -0.15) is 0 Å². The summed E-state index contributed by atoms with van der Waals surface area (Å²) in [6, 6.07) is 5.38. The molecule has 1 atom stereocenters. The summed E-state index contributed by atoms with van der Waals surface area (Å²) in [5, 5.41) is 3.64. The Bertz CT molecular complexity index is 716. The van der Waals surface area contributed by atoms with Crippen LogP contribution < -0.4 is 5.32 Å². The second kappa shape index (κ2) is 6.20. The van der Waals surface area contributed by atoms with E-state index in [4.69, 9.17) is 4.42 Å². The first-order valence-corrected chi connectivity index (χ1v) is 8.51. The van der Waals surface area contributed by atoms with Crippen molar-refractivity contribution in [2.24, 2.45) is 5.92 Å². The number of thiophene rings is 1. The molecule has 1 unspecified atom stereocenters. The molecule has 0 spiro atoms. The van der Waals surface area contributed by atoms with Gasteiger partial charge < -0.3 is 14.6 Å². The highest BCUT2D eigenvalue weighted by Crippen LogP contribution is 2.33. The highest BCUT2D eigenvalue weighted by atomic mass is 32.1. The molecule has 122 valence electrons. The minimum atomic E-state index is -0.150. The molecule has 1 aliphatic rings. The number of rotatable bonds is 5. The molecule has 1 fully saturated rings. The first-order chi connectivity index (χ1) is 11.0. The molecule has 5 nitrogen and oxygen atoms in total. The zero-order valence-corrected chi connectivity index (χ0v) is 14.3. The molecule has 2 heterocycles. The van der Waals surface area contributed by atoms with Gasteiger partial charge >= 0.3 is 0 Å². The summed E-state index contributed by atoms with van der Waals surface area (Å²) in [7, 11) is 1.76. The fourth-order valence-electron chi connectivity index (χ4n) is 2.38. The van der Waals surface area contributed by atoms with Gasteiger partial charge in [-0.05, 0) is 50.5 Å². The lowest BCUT2D eigenvalue weighted by atomic mass is 10.2. The average Bonchev–Trinajstić information content (AvgIpc) is 3.12. The number of hydrogen-bond donors (Lipinski definition) is 1. The minimum Gasteiger partial charge on any atom is -0.467 e. The number of anilines is 1. The summed E-state index contributed by atoms with van der Waals surface area (Å²) < 4.78 is 5.38. The van der Waals surface area contributed by atoms with Gasteiger partial charge in [-0.15, -0.1) is 11.3 Å². The maximum absolute atomic E-state index is 12.7. The van der Waals surface area contributed by atoms with Gasteiger partial charge in [-0.3, -0.25) is 9.59 Å². The van der Waals surface area contributed by atoms with Crippen LogP contribution in [-0.2, 0) is 4.79 Å². The van der Waals surface area contributed by atoms with E-state index in [1.807, 2.05) is 32.0 Å². The fraction of sp³-hybridized carbons (Fsp3) is 0.412. The summed E-state index contributed by atoms with van der Waals surface area (Å²) in [5.74, 6) is 0.890. The minimum absolute atomic E-state index is 0.0579. The number of carbonyl (C=O) groups excluding carboxylic acids is 2. The molecule has 3 rings (SSSR count). The molecule has 0 bridgehead atoms. The topological polar surface area (TPSA) is 62.6 Å². The third-order valence-electron chi connectivity index (χ3n) is 4.16. The molecule has 1 aliphatic carbocycles. The number of nitrogens with one attached hydrogen (secondary N) is 1. The van der Waals surface area contributed by atoms with E-state index in [-0.39, 0.29) is 23.8 Å². The van der Waals surface area contributed by atoms with E-state index in [1.54, 1.807) is 18.2 Å². The second-order valence-corrected chi connectivity index (χ2v) is 7.05. The second-order valence-electron chi connectivity index (χ2n) is 5.99. The molecule has 1 N–H and O–H groups in total. The van der Waals surface area contributed by atoms with E-state index in [9.17, 15) is 9.59 Å². The van der Waals surface area contributed by atoms with E-state index >= 15 is 0 Å². The number of furan rings is 1. The van der Waals surface area contributed by atoms with Crippen LogP contribution in [0.4, 0.5) is 5.00 Å². The van der Waals surface area contributed by atoms with Crippen LogP contribution in [0.1, 0.15) is 46.8 Å². The zero-order valence-electron chi connectivity index (χ0n) is 13.5. The van der Waals surface area contributed by atoms with Crippen LogP contribution in [0.15, 0.2) is 28.9 Å². The van der Waals surface area contributed by atoms with Crippen LogP contribution in [0.25, 0.3) is 0 Å². The Hall–Kier alpha value is -2.08. The lowest BCUT2D eigenvalue weighted by Gasteiger charge is -2.23. The molecule has 2 aromatic rings. The Morgan fingerprint density at radius 2 is 2.17 bits per heavy atom. The Morgan fingerprint density at radius 1 is 1.43 bits per heavy atom. The smallest absolute Gasteiger partial charge is 0.264 e. The standard InChI is InChI=1S/C17H20N2O3S/c1-10-9-14(18-16(20)12-6-7-12)23-15(10)17(21)19(3)11(2)13-5-4-8-22-13/h4-5,8-9,11-12H,6-7H2,1-3H3,(H,18,20). The zero-order chi connectivity index (χ0) is 16.6. The van der Waals surface area contributed by atoms with Crippen LogP contribution >= 0.6 is 11.3 Å². The van der Waals surface area contributed by atoms with Gasteiger partial charge in [0.25, 0.3) is 5.91 Å². The normalized spacial score (nSPS) is 15.3. The van der Waals surface area contributed by atoms with E-state index in [0.29, 0.717) is 4.88 Å². The van der Waals surface area contributed by atoms with Gasteiger partial charge in [0.15, 0.2) is 0 Å². The molecule has 0 saturated heterocycles. The maximum atomic E-state index is 12.7. The van der Waals surface area contributed by atoms with E-state index < -0.39 is 0 Å². The molecule has 2 aromatic heterocycles. The van der Waals surface area contributed by atoms with Crippen molar-refractivity contribution in [3.05, 3.63) is 40.7 Å². The van der Waals surface area contributed by atoms with Crippen molar-refractivity contribution in [1.82, 2.24) is 4.90 Å². The van der Waals surface area contributed by atoms with Crippen LogP contribution in [0.2, 0.25) is 0 Å². The predicted octanol–water partition coefficient (Wildman–Crippen LogP) is 3.83. The number of aryl methyl sites for hydroxylation is 1. The Kier molecular flexibility index (Phi) is 4.26. The monoisotopic (exact) mass is 332 g/mol. The van der Waals surface area contributed by atoms with E-state index in [2.05, 4.69) is 5.32 Å². The van der Waals surface area contributed by atoms with Crippen molar-refractivity contribution in [1.29, 1.82) is 0 Å². The molecule has 23 heavy (non-hydrogen) atoms. The average molecular weight is 332 g/mol. The van der Waals surface area contributed by atoms with E-state index in [0.717, 1.165) is 29.2 Å². The summed E-state index contributed by atoms with van der Waals surface area (Å²) in [6.45, 7) is 3.82. The van der Waals surface area contributed by atoms with Gasteiger partial charge in [-0.25, -0.2) is 0 Å². The number of carbonyl (C=O) groups is 2. The molecule has 6 heteroatoms. The molecule has 2 amide bonds. The summed E-state index contributed by atoms with van der Waals surface area (Å²) >= 11 is 1.33. The summed E-state index contributed by atoms with van der Waals surface area (Å²) in [6.07, 6.45) is 3.53. The first kappa shape index (κ1) is 15.8. The largest absolute Gasteiger partial charge is 0.467 e. The number of hydrogen-bond acceptors (Lipinski definition) is 4. The molecule has 0 aliphatic heterocycles. The molecule has 0 aromatic carbocycles. The Labute approximate surface area is 139 Å². The predicted molar refractivity (Wildman–Crippen MR) is 89.6 cm³/mol. The first-order valence-electron chi connectivity index (χ1n) is 7.69. The van der Waals surface area contributed by atoms with Crippen LogP contribution in [0.5, 0.6) is 0 Å². The van der Waals surface area contributed by atoms with Gasteiger partial charge in [0.1, 0.15) is 5.76 Å². The van der Waals surface area contributed by atoms with Gasteiger partial charge in [-0.1, -0.05) is 0 Å². The van der Waals surface area contributed by atoms with Gasteiger partial charge in [0.2, 0.25) is 5.91 Å². The molecular formula is C17H20N2O3S. The quantitative estimate of drug-likeness (QED) is 0.905. The van der Waals surface area contributed by atoms with Crippen molar-refractivity contribution in [3.63, 3.8) is 0 Å². The third kappa shape index (κ3) is 3.32. The van der Waals surface area contributed by atoms with Crippen molar-refractivity contribution in [2.75, 3.05) is 12.4 Å². The fourth-order valence-corrected chi connectivity index (χ4v) is 3.44. The highest BCUT2D eigenvalue weighted by molar-refractivity contribution is 7.18. The highest BCUT2D eigenvalue weighted by Gasteiger charge is 2.30. The lowest BCUT2D eigenvalue weighted by Crippen LogP contribution is -2.29. The van der Waals surface area contributed by atoms with E-state index in [1.165, 1.54) is 11.3 Å². The SMILES string of the molecule is Cc1cc(NC(=O)C2CC2)sc1C(=O)N(C)C(C)c1ccco1. The molecular weight excluding hydrogens is 312 g/mol. The Morgan fingerprint density at radius 3 is 2.78 bits per heavy atom. The number of amides is 2. The molecule has 0 radical (unpaired) electrons. The summed E-state index contributed by atoms with van der Waals surface area (Å²) in [5.41, 5.74) is 0.879.